The van der Waals surface area contributed by atoms with E-state index in [9.17, 15) is 14.4 Å². The van der Waals surface area contributed by atoms with Crippen LogP contribution in [0.1, 0.15) is 36.0 Å². The molecule has 0 atom stereocenters. The number of ether oxygens (including phenoxy) is 4. The van der Waals surface area contributed by atoms with Crippen LogP contribution in [0.3, 0.4) is 0 Å². The lowest BCUT2D eigenvalue weighted by molar-refractivity contribution is 0.0601. The number of esters is 2. The van der Waals surface area contributed by atoms with Gasteiger partial charge in [-0.05, 0) is 24.6 Å². The zero-order valence-corrected chi connectivity index (χ0v) is 16.3. The molecule has 1 N–H and O–H groups in total. The lowest BCUT2D eigenvalue weighted by atomic mass is 10.1. The molecule has 0 radical (unpaired) electrons. The van der Waals surface area contributed by atoms with Crippen molar-refractivity contribution >= 4 is 34.2 Å². The van der Waals surface area contributed by atoms with Crippen LogP contribution in [0, 0.1) is 6.92 Å². The molecule has 0 saturated heterocycles. The molecule has 144 valence electrons. The van der Waals surface area contributed by atoms with Crippen LogP contribution in [0.2, 0.25) is 0 Å². The van der Waals surface area contributed by atoms with Crippen molar-refractivity contribution < 1.29 is 33.3 Å². The average Bonchev–Trinajstić information content (AvgIpc) is 3.01. The summed E-state index contributed by atoms with van der Waals surface area (Å²) in [6, 6.07) is 4.68. The highest BCUT2D eigenvalue weighted by Crippen LogP contribution is 2.35. The smallest absolute Gasteiger partial charge is 0.348 e. The second kappa shape index (κ2) is 8.54. The quantitative estimate of drug-likeness (QED) is 0.753. The summed E-state index contributed by atoms with van der Waals surface area (Å²) in [5.41, 5.74) is 0.732. The van der Waals surface area contributed by atoms with Crippen LogP contribution in [0.15, 0.2) is 18.2 Å². The molecule has 0 aliphatic rings. The standard InChI is InChI=1S/C18H19NO7S/c1-9-13(17(21)25-4)16(27-14(9)18(22)26-5)19-15(20)10-6-11(23-2)8-12(7-10)24-3/h6-8H,1-5H3,(H,19,20). The van der Waals surface area contributed by atoms with Gasteiger partial charge in [-0.15, -0.1) is 11.3 Å². The first-order valence-corrected chi connectivity index (χ1v) is 8.52. The first-order chi connectivity index (χ1) is 12.9. The molecule has 0 aliphatic heterocycles. The van der Waals surface area contributed by atoms with Gasteiger partial charge in [-0.25, -0.2) is 9.59 Å². The van der Waals surface area contributed by atoms with Gasteiger partial charge in [-0.3, -0.25) is 4.79 Å². The fourth-order valence-electron chi connectivity index (χ4n) is 2.35. The number of hydrogen-bond acceptors (Lipinski definition) is 8. The van der Waals surface area contributed by atoms with Crippen molar-refractivity contribution in [3.63, 3.8) is 0 Å². The van der Waals surface area contributed by atoms with Crippen molar-refractivity contribution in [1.29, 1.82) is 0 Å². The molecule has 1 aromatic carbocycles. The maximum Gasteiger partial charge on any atom is 0.348 e. The van der Waals surface area contributed by atoms with E-state index in [2.05, 4.69) is 5.32 Å². The van der Waals surface area contributed by atoms with Crippen LogP contribution in [0.25, 0.3) is 0 Å². The largest absolute Gasteiger partial charge is 0.497 e. The molecule has 9 heteroatoms. The van der Waals surface area contributed by atoms with Crippen molar-refractivity contribution in [3.8, 4) is 11.5 Å². The molecule has 27 heavy (non-hydrogen) atoms. The third-order valence-corrected chi connectivity index (χ3v) is 4.94. The number of amides is 1. The maximum atomic E-state index is 12.7. The van der Waals surface area contributed by atoms with Gasteiger partial charge in [0.25, 0.3) is 5.91 Å². The predicted molar refractivity (Wildman–Crippen MR) is 99.2 cm³/mol. The SMILES string of the molecule is COC(=O)c1sc(NC(=O)c2cc(OC)cc(OC)c2)c(C(=O)OC)c1C. The van der Waals surface area contributed by atoms with Gasteiger partial charge < -0.3 is 24.3 Å². The number of methoxy groups -OCH3 is 4. The number of benzene rings is 1. The van der Waals surface area contributed by atoms with Crippen molar-refractivity contribution in [2.45, 2.75) is 6.92 Å². The monoisotopic (exact) mass is 393 g/mol. The number of carbonyl (C=O) groups is 3. The average molecular weight is 393 g/mol. The molecule has 1 amide bonds. The summed E-state index contributed by atoms with van der Waals surface area (Å²) in [4.78, 5) is 37.0. The van der Waals surface area contributed by atoms with Gasteiger partial charge in [-0.1, -0.05) is 0 Å². The van der Waals surface area contributed by atoms with Crippen LogP contribution in [-0.2, 0) is 9.47 Å². The van der Waals surface area contributed by atoms with E-state index in [0.717, 1.165) is 11.3 Å². The number of rotatable bonds is 6. The van der Waals surface area contributed by atoms with Crippen molar-refractivity contribution in [2.75, 3.05) is 33.8 Å². The van der Waals surface area contributed by atoms with Crippen LogP contribution < -0.4 is 14.8 Å². The number of anilines is 1. The van der Waals surface area contributed by atoms with Crippen LogP contribution >= 0.6 is 11.3 Å². The lowest BCUT2D eigenvalue weighted by Crippen LogP contribution is -2.14. The van der Waals surface area contributed by atoms with Gasteiger partial charge in [-0.2, -0.15) is 0 Å². The fraction of sp³-hybridized carbons (Fsp3) is 0.278. The summed E-state index contributed by atoms with van der Waals surface area (Å²) in [6.45, 7) is 1.58. The Morgan fingerprint density at radius 1 is 0.889 bits per heavy atom. The zero-order valence-electron chi connectivity index (χ0n) is 15.5. The van der Waals surface area contributed by atoms with Crippen molar-refractivity contribution in [2.24, 2.45) is 0 Å². The fourth-order valence-corrected chi connectivity index (χ4v) is 3.46. The molecule has 2 rings (SSSR count). The van der Waals surface area contributed by atoms with Gasteiger partial charge >= 0.3 is 11.9 Å². The van der Waals surface area contributed by atoms with Crippen LogP contribution in [0.4, 0.5) is 5.00 Å². The molecule has 0 bridgehead atoms. The third kappa shape index (κ3) is 4.20. The van der Waals surface area contributed by atoms with E-state index in [1.54, 1.807) is 13.0 Å². The molecule has 0 spiro atoms. The van der Waals surface area contributed by atoms with Gasteiger partial charge in [0, 0.05) is 11.6 Å². The summed E-state index contributed by atoms with van der Waals surface area (Å²) >= 11 is 0.936. The Kier molecular flexibility index (Phi) is 6.40. The minimum atomic E-state index is -0.669. The van der Waals surface area contributed by atoms with E-state index in [0.29, 0.717) is 17.1 Å². The summed E-state index contributed by atoms with van der Waals surface area (Å²) in [5, 5.41) is 2.83. The summed E-state index contributed by atoms with van der Waals surface area (Å²) in [5.74, 6) is -0.908. The molecular formula is C18H19NO7S. The van der Waals surface area contributed by atoms with Gasteiger partial charge in [0.1, 0.15) is 21.4 Å². The van der Waals surface area contributed by atoms with Crippen LogP contribution in [0.5, 0.6) is 11.5 Å². The van der Waals surface area contributed by atoms with E-state index in [1.165, 1.54) is 40.6 Å². The van der Waals surface area contributed by atoms with E-state index in [1.807, 2.05) is 0 Å². The molecule has 1 heterocycles. The topological polar surface area (TPSA) is 100 Å². The highest BCUT2D eigenvalue weighted by atomic mass is 32.1. The molecule has 0 saturated carbocycles. The molecule has 0 unspecified atom stereocenters. The second-order valence-corrected chi connectivity index (χ2v) is 6.32. The van der Waals surface area contributed by atoms with E-state index < -0.39 is 17.8 Å². The summed E-state index contributed by atoms with van der Waals surface area (Å²) in [6.07, 6.45) is 0. The number of hydrogen-bond donors (Lipinski definition) is 1. The molecule has 1 aromatic heterocycles. The first-order valence-electron chi connectivity index (χ1n) is 7.70. The Balaban J connectivity index is 2.45. The highest BCUT2D eigenvalue weighted by Gasteiger charge is 2.27. The third-order valence-electron chi connectivity index (χ3n) is 3.75. The van der Waals surface area contributed by atoms with Gasteiger partial charge in [0.2, 0.25) is 0 Å². The minimum absolute atomic E-state index is 0.103. The lowest BCUT2D eigenvalue weighted by Gasteiger charge is -2.09. The van der Waals surface area contributed by atoms with Gasteiger partial charge in [0.05, 0.1) is 34.0 Å². The molecule has 2 aromatic rings. The molecule has 0 aliphatic carbocycles. The predicted octanol–water partition coefficient (Wildman–Crippen LogP) is 2.90. The number of thiophene rings is 1. The first kappa shape index (κ1) is 20.2. The maximum absolute atomic E-state index is 12.7. The Labute approximate surface area is 160 Å². The van der Waals surface area contributed by atoms with E-state index >= 15 is 0 Å². The minimum Gasteiger partial charge on any atom is -0.497 e. The van der Waals surface area contributed by atoms with Gasteiger partial charge in [0.15, 0.2) is 0 Å². The van der Waals surface area contributed by atoms with E-state index in [4.69, 9.17) is 18.9 Å². The zero-order chi connectivity index (χ0) is 20.1. The molecule has 8 nitrogen and oxygen atoms in total. The summed E-state index contributed by atoms with van der Waals surface area (Å²) < 4.78 is 19.8. The van der Waals surface area contributed by atoms with Crippen molar-refractivity contribution in [3.05, 3.63) is 39.8 Å². The number of carbonyl (C=O) groups excluding carboxylic acids is 3. The summed E-state index contributed by atoms with van der Waals surface area (Å²) in [7, 11) is 5.39. The van der Waals surface area contributed by atoms with E-state index in [-0.39, 0.29) is 21.0 Å². The van der Waals surface area contributed by atoms with Crippen molar-refractivity contribution in [1.82, 2.24) is 0 Å². The second-order valence-electron chi connectivity index (χ2n) is 5.30. The molecular weight excluding hydrogens is 374 g/mol. The Morgan fingerprint density at radius 2 is 1.44 bits per heavy atom. The Hall–Kier alpha value is -3.07. The highest BCUT2D eigenvalue weighted by molar-refractivity contribution is 7.18. The normalized spacial score (nSPS) is 10.1. The number of nitrogens with one attached hydrogen (secondary N) is 1. The van der Waals surface area contributed by atoms with Crippen LogP contribution in [-0.4, -0.2) is 46.3 Å². The Bertz CT molecular complexity index is 866. The molecule has 0 fully saturated rings. The Morgan fingerprint density at radius 3 is 1.93 bits per heavy atom.